The smallest absolute Gasteiger partial charge is 0.261 e. The van der Waals surface area contributed by atoms with E-state index in [0.29, 0.717) is 34.0 Å². The molecule has 0 fully saturated rings. The van der Waals surface area contributed by atoms with Gasteiger partial charge < -0.3 is 14.5 Å². The zero-order valence-corrected chi connectivity index (χ0v) is 13.7. The molecule has 0 bridgehead atoms. The maximum Gasteiger partial charge on any atom is 0.261 e. The van der Waals surface area contributed by atoms with Crippen molar-refractivity contribution in [2.45, 2.75) is 6.92 Å². The van der Waals surface area contributed by atoms with Gasteiger partial charge in [-0.2, -0.15) is 0 Å². The summed E-state index contributed by atoms with van der Waals surface area (Å²) in [5.74, 6) is 0.128. The molecule has 5 nitrogen and oxygen atoms in total. The molecule has 6 heteroatoms. The molecule has 0 radical (unpaired) electrons. The Labute approximate surface area is 143 Å². The van der Waals surface area contributed by atoms with Crippen molar-refractivity contribution in [2.24, 2.45) is 0 Å². The van der Waals surface area contributed by atoms with E-state index >= 15 is 0 Å². The third-order valence-corrected chi connectivity index (χ3v) is 3.66. The van der Waals surface area contributed by atoms with E-state index in [1.807, 2.05) is 13.0 Å². The van der Waals surface area contributed by atoms with Gasteiger partial charge in [0, 0.05) is 16.1 Å². The molecule has 2 N–H and O–H groups in total. The average Bonchev–Trinajstić information content (AvgIpc) is 2.57. The minimum Gasteiger partial charge on any atom is -0.490 e. The number of ether oxygens (including phenoxy) is 1. The van der Waals surface area contributed by atoms with Crippen LogP contribution in [0.15, 0.2) is 52.9 Å². The summed E-state index contributed by atoms with van der Waals surface area (Å²) in [5.41, 5.74) is 0.964. The minimum atomic E-state index is -0.421. The van der Waals surface area contributed by atoms with E-state index in [1.54, 1.807) is 42.5 Å². The van der Waals surface area contributed by atoms with E-state index in [9.17, 15) is 4.79 Å². The summed E-state index contributed by atoms with van der Waals surface area (Å²) in [6, 6.07) is 13.7. The number of benzene rings is 2. The normalized spacial score (nSPS) is 10.6. The van der Waals surface area contributed by atoms with Crippen LogP contribution in [0, 0.1) is 5.41 Å². The van der Waals surface area contributed by atoms with Gasteiger partial charge in [-0.05, 0) is 43.3 Å². The Morgan fingerprint density at radius 1 is 1.25 bits per heavy atom. The van der Waals surface area contributed by atoms with Crippen LogP contribution >= 0.6 is 11.6 Å². The molecule has 0 spiro atoms. The highest BCUT2D eigenvalue weighted by molar-refractivity contribution is 6.30. The summed E-state index contributed by atoms with van der Waals surface area (Å²) in [5, 5.41) is 12.0. The molecule has 1 amide bonds. The highest BCUT2D eigenvalue weighted by Gasteiger charge is 2.14. The van der Waals surface area contributed by atoms with Crippen molar-refractivity contribution in [3.63, 3.8) is 0 Å². The third-order valence-electron chi connectivity index (χ3n) is 3.40. The van der Waals surface area contributed by atoms with Crippen molar-refractivity contribution in [1.82, 2.24) is 0 Å². The lowest BCUT2D eigenvalue weighted by molar-refractivity contribution is 0.102. The first-order valence-electron chi connectivity index (χ1n) is 7.39. The molecular formula is C18H15ClN2O3. The van der Waals surface area contributed by atoms with Gasteiger partial charge in [-0.15, -0.1) is 0 Å². The number of anilines is 1. The Morgan fingerprint density at radius 3 is 2.71 bits per heavy atom. The molecule has 3 rings (SSSR count). The monoisotopic (exact) mass is 342 g/mol. The fourth-order valence-electron chi connectivity index (χ4n) is 2.30. The van der Waals surface area contributed by atoms with Gasteiger partial charge >= 0.3 is 0 Å². The Hall–Kier alpha value is -2.79. The van der Waals surface area contributed by atoms with Crippen LogP contribution in [0.1, 0.15) is 17.3 Å². The highest BCUT2D eigenvalue weighted by Crippen LogP contribution is 2.25. The van der Waals surface area contributed by atoms with Gasteiger partial charge in [0.05, 0.1) is 6.61 Å². The van der Waals surface area contributed by atoms with Crippen LogP contribution in [0.4, 0.5) is 5.69 Å². The molecule has 0 saturated carbocycles. The van der Waals surface area contributed by atoms with Crippen LogP contribution in [-0.2, 0) is 0 Å². The van der Waals surface area contributed by atoms with Gasteiger partial charge in [0.2, 0.25) is 5.55 Å². The number of para-hydroxylation sites is 1. The van der Waals surface area contributed by atoms with E-state index in [2.05, 4.69) is 5.32 Å². The predicted molar refractivity (Wildman–Crippen MR) is 92.6 cm³/mol. The standard InChI is InChI=1S/C18H15ClN2O3/c1-2-23-15-5-3-4-11-10-14(17(20)24-16(11)15)18(22)21-13-8-6-12(19)7-9-13/h3-10,20H,2H2,1H3,(H,21,22). The third kappa shape index (κ3) is 3.26. The molecule has 0 saturated heterocycles. The summed E-state index contributed by atoms with van der Waals surface area (Å²) in [7, 11) is 0. The number of amides is 1. The molecule has 122 valence electrons. The first-order chi connectivity index (χ1) is 11.6. The molecule has 2 aromatic carbocycles. The SMILES string of the molecule is CCOc1cccc2cc(C(=O)Nc3ccc(Cl)cc3)c(=N)oc12. The Kier molecular flexibility index (Phi) is 4.53. The number of fused-ring (bicyclic) bond motifs is 1. The molecule has 0 aliphatic carbocycles. The molecule has 3 aromatic rings. The van der Waals surface area contributed by atoms with E-state index in [-0.39, 0.29) is 11.1 Å². The van der Waals surface area contributed by atoms with E-state index in [4.69, 9.17) is 26.2 Å². The molecule has 1 aromatic heterocycles. The van der Waals surface area contributed by atoms with Gasteiger partial charge in [0.1, 0.15) is 5.56 Å². The molecule has 0 atom stereocenters. The second kappa shape index (κ2) is 6.76. The fraction of sp³-hybridized carbons (Fsp3) is 0.111. The molecule has 0 aliphatic heterocycles. The summed E-state index contributed by atoms with van der Waals surface area (Å²) in [4.78, 5) is 12.4. The highest BCUT2D eigenvalue weighted by atomic mass is 35.5. The Balaban J connectivity index is 1.97. The Bertz CT molecular complexity index is 949. The van der Waals surface area contributed by atoms with Gasteiger partial charge in [-0.25, -0.2) is 0 Å². The number of hydrogen-bond acceptors (Lipinski definition) is 4. The number of rotatable bonds is 4. The first kappa shape index (κ1) is 16.1. The number of carbonyl (C=O) groups excluding carboxylic acids is 1. The maximum absolute atomic E-state index is 12.4. The van der Waals surface area contributed by atoms with Crippen LogP contribution in [-0.4, -0.2) is 12.5 Å². The predicted octanol–water partition coefficient (Wildman–Crippen LogP) is 4.22. The number of halogens is 1. The van der Waals surface area contributed by atoms with E-state index in [1.165, 1.54) is 0 Å². The Morgan fingerprint density at radius 2 is 2.00 bits per heavy atom. The molecule has 1 heterocycles. The van der Waals surface area contributed by atoms with Crippen molar-refractivity contribution in [2.75, 3.05) is 11.9 Å². The minimum absolute atomic E-state index is 0.145. The lowest BCUT2D eigenvalue weighted by Crippen LogP contribution is -2.20. The lowest BCUT2D eigenvalue weighted by atomic mass is 10.1. The summed E-state index contributed by atoms with van der Waals surface area (Å²) < 4.78 is 11.0. The van der Waals surface area contributed by atoms with Crippen molar-refractivity contribution >= 4 is 34.2 Å². The zero-order valence-electron chi connectivity index (χ0n) is 12.9. The first-order valence-corrected chi connectivity index (χ1v) is 7.77. The number of nitrogens with one attached hydrogen (secondary N) is 2. The van der Waals surface area contributed by atoms with Gasteiger partial charge in [-0.3, -0.25) is 10.2 Å². The maximum atomic E-state index is 12.4. The van der Waals surface area contributed by atoms with Crippen molar-refractivity contribution in [3.05, 3.63) is 64.7 Å². The molecule has 0 unspecified atom stereocenters. The second-order valence-corrected chi connectivity index (χ2v) is 5.49. The summed E-state index contributed by atoms with van der Waals surface area (Å²) in [6.45, 7) is 2.36. The second-order valence-electron chi connectivity index (χ2n) is 5.06. The molecule has 0 aliphatic rings. The van der Waals surface area contributed by atoms with Gasteiger partial charge in [0.15, 0.2) is 11.3 Å². The van der Waals surface area contributed by atoms with Gasteiger partial charge in [0.25, 0.3) is 5.91 Å². The lowest BCUT2D eigenvalue weighted by Gasteiger charge is -2.09. The van der Waals surface area contributed by atoms with Crippen molar-refractivity contribution in [3.8, 4) is 5.75 Å². The van der Waals surface area contributed by atoms with Crippen molar-refractivity contribution < 1.29 is 13.9 Å². The van der Waals surface area contributed by atoms with Crippen LogP contribution in [0.25, 0.3) is 11.0 Å². The van der Waals surface area contributed by atoms with E-state index in [0.717, 1.165) is 0 Å². The molecule has 24 heavy (non-hydrogen) atoms. The number of hydrogen-bond donors (Lipinski definition) is 2. The number of carbonyl (C=O) groups is 1. The van der Waals surface area contributed by atoms with Crippen LogP contribution < -0.4 is 15.6 Å². The van der Waals surface area contributed by atoms with Gasteiger partial charge in [-0.1, -0.05) is 23.7 Å². The molecular weight excluding hydrogens is 328 g/mol. The average molecular weight is 343 g/mol. The fourth-order valence-corrected chi connectivity index (χ4v) is 2.43. The largest absolute Gasteiger partial charge is 0.490 e. The van der Waals surface area contributed by atoms with Crippen molar-refractivity contribution in [1.29, 1.82) is 5.41 Å². The zero-order chi connectivity index (χ0) is 17.1. The summed E-state index contributed by atoms with van der Waals surface area (Å²) in [6.07, 6.45) is 0. The topological polar surface area (TPSA) is 75.3 Å². The van der Waals surface area contributed by atoms with E-state index < -0.39 is 5.91 Å². The van der Waals surface area contributed by atoms with Crippen LogP contribution in [0.3, 0.4) is 0 Å². The summed E-state index contributed by atoms with van der Waals surface area (Å²) >= 11 is 5.83. The van der Waals surface area contributed by atoms with Crippen LogP contribution in [0.2, 0.25) is 5.02 Å². The van der Waals surface area contributed by atoms with Crippen LogP contribution in [0.5, 0.6) is 5.75 Å². The quantitative estimate of drug-likeness (QED) is 0.745.